The Labute approximate surface area is 142 Å². The summed E-state index contributed by atoms with van der Waals surface area (Å²) in [6, 6.07) is 11.7. The number of rotatable bonds is 2. The molecule has 0 fully saturated rings. The molecule has 0 aliphatic heterocycles. The van der Waals surface area contributed by atoms with Gasteiger partial charge in [0.1, 0.15) is 5.82 Å². The van der Waals surface area contributed by atoms with Crippen LogP contribution in [0.25, 0.3) is 22.0 Å². The van der Waals surface area contributed by atoms with Gasteiger partial charge in [0.25, 0.3) is 0 Å². The summed E-state index contributed by atoms with van der Waals surface area (Å²) in [6.07, 6.45) is 0.650. The van der Waals surface area contributed by atoms with Crippen LogP contribution < -0.4 is 0 Å². The molecule has 1 nitrogen and oxygen atoms in total. The third kappa shape index (κ3) is 1.95. The maximum Gasteiger partial charge on any atom is 0.128 e. The Morgan fingerprint density at radius 2 is 1.88 bits per heavy atom. The lowest BCUT2D eigenvalue weighted by Crippen LogP contribution is -2.26. The minimum atomic E-state index is -0.440. The molecule has 0 amide bonds. The second-order valence-electron chi connectivity index (χ2n) is 6.90. The Morgan fingerprint density at radius 1 is 1.08 bits per heavy atom. The van der Waals surface area contributed by atoms with Gasteiger partial charge < -0.3 is 0 Å². The van der Waals surface area contributed by atoms with Crippen LogP contribution in [-0.4, -0.2) is 4.98 Å². The summed E-state index contributed by atoms with van der Waals surface area (Å²) in [4.78, 5) is 4.74. The van der Waals surface area contributed by atoms with Gasteiger partial charge in [0, 0.05) is 27.6 Å². The summed E-state index contributed by atoms with van der Waals surface area (Å²) in [5.41, 5.74) is 4.56. The lowest BCUT2D eigenvalue weighted by Gasteiger charge is -2.35. The molecule has 0 N–H and O–H groups in total. The molecule has 0 unspecified atom stereocenters. The van der Waals surface area contributed by atoms with E-state index in [1.807, 2.05) is 18.2 Å². The summed E-state index contributed by atoms with van der Waals surface area (Å²) in [5, 5.41) is 2.18. The number of pyridine rings is 1. The summed E-state index contributed by atoms with van der Waals surface area (Å²) in [7, 11) is 0. The quantitative estimate of drug-likeness (QED) is 0.634. The molecule has 0 saturated heterocycles. The topological polar surface area (TPSA) is 12.9 Å². The lowest BCUT2D eigenvalue weighted by atomic mass is 9.69. The predicted octanol–water partition coefficient (Wildman–Crippen LogP) is 5.19. The van der Waals surface area contributed by atoms with Gasteiger partial charge in [0.15, 0.2) is 0 Å². The van der Waals surface area contributed by atoms with Gasteiger partial charge in [-0.25, -0.2) is 4.39 Å². The third-order valence-electron chi connectivity index (χ3n) is 5.06. The molecule has 2 aromatic carbocycles. The molecule has 1 aliphatic carbocycles. The van der Waals surface area contributed by atoms with Crippen molar-refractivity contribution in [3.8, 4) is 11.3 Å². The molecule has 0 atom stereocenters. The van der Waals surface area contributed by atoms with E-state index >= 15 is 0 Å². The maximum atomic E-state index is 15.0. The standard InChI is InChI=1S/C22H18FN/c1-5-13-10-16-20(18(23)11-13)22(3,4)17-9-7-8-14-12-15(6-2)24-21(16)19(14)17/h1-2,7-12H,5-6H2,3-4H3. The second-order valence-corrected chi connectivity index (χ2v) is 6.90. The highest BCUT2D eigenvalue weighted by Crippen LogP contribution is 2.49. The van der Waals surface area contributed by atoms with Crippen LogP contribution in [0, 0.1) is 19.7 Å². The number of aromatic nitrogens is 1. The van der Waals surface area contributed by atoms with E-state index < -0.39 is 5.41 Å². The Morgan fingerprint density at radius 3 is 2.58 bits per heavy atom. The lowest BCUT2D eigenvalue weighted by molar-refractivity contribution is 0.548. The molecular weight excluding hydrogens is 297 g/mol. The zero-order valence-corrected chi connectivity index (χ0v) is 13.9. The summed E-state index contributed by atoms with van der Waals surface area (Å²) >= 11 is 0. The van der Waals surface area contributed by atoms with E-state index in [0.29, 0.717) is 18.4 Å². The van der Waals surface area contributed by atoms with Crippen LogP contribution in [0.5, 0.6) is 0 Å². The van der Waals surface area contributed by atoms with Crippen molar-refractivity contribution in [3.05, 3.63) is 78.4 Å². The number of fused-ring (bicyclic) bond motifs is 2. The summed E-state index contributed by atoms with van der Waals surface area (Å²) < 4.78 is 15.0. The molecule has 0 saturated carbocycles. The normalized spacial score (nSPS) is 14.7. The van der Waals surface area contributed by atoms with E-state index in [4.69, 9.17) is 18.8 Å². The molecule has 118 valence electrons. The van der Waals surface area contributed by atoms with E-state index in [1.54, 1.807) is 6.07 Å². The van der Waals surface area contributed by atoms with Crippen molar-refractivity contribution < 1.29 is 4.39 Å². The van der Waals surface area contributed by atoms with Gasteiger partial charge in [0.2, 0.25) is 0 Å². The fourth-order valence-electron chi connectivity index (χ4n) is 3.92. The van der Waals surface area contributed by atoms with Gasteiger partial charge in [-0.2, -0.15) is 0 Å². The minimum absolute atomic E-state index is 0.222. The number of hydrogen-bond donors (Lipinski definition) is 0. The van der Waals surface area contributed by atoms with E-state index in [0.717, 1.165) is 38.9 Å². The first-order valence-corrected chi connectivity index (χ1v) is 8.14. The van der Waals surface area contributed by atoms with Crippen molar-refractivity contribution >= 4 is 10.8 Å². The zero-order valence-electron chi connectivity index (χ0n) is 13.9. The SMILES string of the molecule is [CH]Cc1cc(F)c2c(c1)-c1nc(C[CH])cc3cccc(c13)C2(C)C. The van der Waals surface area contributed by atoms with Crippen LogP contribution in [0.15, 0.2) is 36.4 Å². The smallest absolute Gasteiger partial charge is 0.128 e. The van der Waals surface area contributed by atoms with E-state index in [2.05, 4.69) is 26.0 Å². The highest BCUT2D eigenvalue weighted by Gasteiger charge is 2.36. The molecule has 4 rings (SSSR count). The number of halogens is 1. The predicted molar refractivity (Wildman–Crippen MR) is 95.3 cm³/mol. The van der Waals surface area contributed by atoms with Gasteiger partial charge in [-0.3, -0.25) is 4.98 Å². The Hall–Kier alpha value is -2.22. The molecule has 3 aromatic rings. The molecule has 1 aliphatic rings. The van der Waals surface area contributed by atoms with E-state index in [9.17, 15) is 4.39 Å². The van der Waals surface area contributed by atoms with Gasteiger partial charge in [-0.1, -0.05) is 32.0 Å². The number of hydrogen-bond acceptors (Lipinski definition) is 1. The molecule has 1 aromatic heterocycles. The fraction of sp³-hybridized carbons (Fsp3) is 0.227. The number of nitrogens with zero attached hydrogens (tertiary/aromatic N) is 1. The molecule has 2 heteroatoms. The Bertz CT molecular complexity index is 969. The van der Waals surface area contributed by atoms with Gasteiger partial charge in [-0.15, -0.1) is 0 Å². The maximum absolute atomic E-state index is 15.0. The van der Waals surface area contributed by atoms with Gasteiger partial charge in [-0.05, 0) is 61.4 Å². The third-order valence-corrected chi connectivity index (χ3v) is 5.06. The van der Waals surface area contributed by atoms with Crippen molar-refractivity contribution in [1.82, 2.24) is 4.98 Å². The van der Waals surface area contributed by atoms with Crippen LogP contribution >= 0.6 is 0 Å². The average molecular weight is 315 g/mol. The summed E-state index contributed by atoms with van der Waals surface area (Å²) in [5.74, 6) is -0.222. The highest BCUT2D eigenvalue weighted by molar-refractivity contribution is 6.01. The van der Waals surface area contributed by atoms with Crippen LogP contribution in [0.3, 0.4) is 0 Å². The highest BCUT2D eigenvalue weighted by atomic mass is 19.1. The molecule has 4 radical (unpaired) electrons. The fourth-order valence-corrected chi connectivity index (χ4v) is 3.92. The van der Waals surface area contributed by atoms with Crippen LogP contribution in [0.4, 0.5) is 4.39 Å². The molecule has 0 bridgehead atoms. The van der Waals surface area contributed by atoms with Crippen molar-refractivity contribution in [3.63, 3.8) is 0 Å². The van der Waals surface area contributed by atoms with E-state index in [1.165, 1.54) is 0 Å². The first-order valence-electron chi connectivity index (χ1n) is 8.14. The zero-order chi connectivity index (χ0) is 17.1. The second kappa shape index (κ2) is 5.14. The molecule has 1 heterocycles. The van der Waals surface area contributed by atoms with Crippen molar-refractivity contribution in [2.75, 3.05) is 0 Å². The van der Waals surface area contributed by atoms with Crippen molar-refractivity contribution in [2.24, 2.45) is 0 Å². The average Bonchev–Trinajstić information content (AvgIpc) is 2.58. The molecule has 24 heavy (non-hydrogen) atoms. The minimum Gasteiger partial charge on any atom is -0.252 e. The molecule has 0 spiro atoms. The first-order chi connectivity index (χ1) is 11.5. The number of benzene rings is 2. The van der Waals surface area contributed by atoms with Crippen LogP contribution in [0.2, 0.25) is 0 Å². The van der Waals surface area contributed by atoms with Crippen LogP contribution in [0.1, 0.15) is 36.2 Å². The van der Waals surface area contributed by atoms with Gasteiger partial charge in [0.05, 0.1) is 5.69 Å². The van der Waals surface area contributed by atoms with Crippen molar-refractivity contribution in [1.29, 1.82) is 0 Å². The first kappa shape index (κ1) is 15.3. The Balaban J connectivity index is 2.22. The van der Waals surface area contributed by atoms with E-state index in [-0.39, 0.29) is 5.82 Å². The van der Waals surface area contributed by atoms with Crippen molar-refractivity contribution in [2.45, 2.75) is 32.1 Å². The van der Waals surface area contributed by atoms with Crippen LogP contribution in [-0.2, 0) is 18.3 Å². The summed E-state index contributed by atoms with van der Waals surface area (Å²) in [6.45, 7) is 15.7. The monoisotopic (exact) mass is 315 g/mol. The van der Waals surface area contributed by atoms with Gasteiger partial charge >= 0.3 is 0 Å². The largest absolute Gasteiger partial charge is 0.252 e. The Kier molecular flexibility index (Phi) is 3.28. The molecular formula is C22H18FN.